The number of carbonyl (C=O) groups excluding carboxylic acids is 2. The van der Waals surface area contributed by atoms with Gasteiger partial charge in [-0.15, -0.1) is 0 Å². The minimum atomic E-state index is -0.0421. The van der Waals surface area contributed by atoms with Crippen LogP contribution in [0.1, 0.15) is 63.4 Å². The molecule has 5 heterocycles. The number of benzene rings is 2. The summed E-state index contributed by atoms with van der Waals surface area (Å²) < 4.78 is 2.14. The van der Waals surface area contributed by atoms with E-state index in [4.69, 9.17) is 0 Å². The lowest BCUT2D eigenvalue weighted by Crippen LogP contribution is -2.43. The first-order valence-corrected chi connectivity index (χ1v) is 15.2. The number of para-hydroxylation sites is 1. The van der Waals surface area contributed by atoms with Crippen molar-refractivity contribution in [1.82, 2.24) is 19.4 Å². The fraction of sp³-hybridized carbons (Fsp3) is 0.343. The third-order valence-corrected chi connectivity index (χ3v) is 9.24. The Morgan fingerprint density at radius 3 is 2.48 bits per heavy atom. The Kier molecular flexibility index (Phi) is 7.12. The van der Waals surface area contributed by atoms with Gasteiger partial charge >= 0.3 is 0 Å². The maximum atomic E-state index is 14.1. The number of pyridine rings is 1. The average molecular weight is 560 g/mol. The molecule has 2 aromatic carbocycles. The standard InChI is InChI=1S/C35H37N5O2/c1-25-21-27(10-12-31(25)26-14-16-36-17-15-26)34(41)40-24-30-11-13-33(39(30)22-28-7-2-3-9-32(28)40)35(42)38-20-6-8-29(38)23-37-18-4-5-19-37/h2-3,7,9-17,21,29H,4-6,8,18-20,22-24H2,1H3. The highest BCUT2D eigenvalue weighted by molar-refractivity contribution is 6.07. The third-order valence-electron chi connectivity index (χ3n) is 9.24. The zero-order chi connectivity index (χ0) is 28.6. The molecule has 42 heavy (non-hydrogen) atoms. The van der Waals surface area contributed by atoms with Gasteiger partial charge in [0.1, 0.15) is 5.69 Å². The monoisotopic (exact) mass is 559 g/mol. The fourth-order valence-corrected chi connectivity index (χ4v) is 7.04. The maximum absolute atomic E-state index is 14.1. The van der Waals surface area contributed by atoms with Gasteiger partial charge in [-0.25, -0.2) is 0 Å². The number of hydrogen-bond acceptors (Lipinski definition) is 4. The molecular formula is C35H37N5O2. The second-order valence-corrected chi connectivity index (χ2v) is 11.9. The van der Waals surface area contributed by atoms with E-state index < -0.39 is 0 Å². The van der Waals surface area contributed by atoms with Gasteiger partial charge in [-0.1, -0.05) is 24.3 Å². The molecule has 2 saturated heterocycles. The predicted octanol–water partition coefficient (Wildman–Crippen LogP) is 5.77. The van der Waals surface area contributed by atoms with Crippen LogP contribution in [0.4, 0.5) is 5.69 Å². The van der Waals surface area contributed by atoms with Gasteiger partial charge in [-0.05, 0) is 110 Å². The quantitative estimate of drug-likeness (QED) is 0.312. The number of likely N-dealkylation sites (tertiary alicyclic amines) is 2. The summed E-state index contributed by atoms with van der Waals surface area (Å²) in [7, 11) is 0. The van der Waals surface area contributed by atoms with E-state index >= 15 is 0 Å². The van der Waals surface area contributed by atoms with Gasteiger partial charge in [0, 0.05) is 48.5 Å². The summed E-state index contributed by atoms with van der Waals surface area (Å²) in [5.41, 5.74) is 7.50. The van der Waals surface area contributed by atoms with E-state index in [9.17, 15) is 9.59 Å². The summed E-state index contributed by atoms with van der Waals surface area (Å²) in [6, 6.07) is 22.2. The minimum Gasteiger partial charge on any atom is -0.334 e. The van der Waals surface area contributed by atoms with Crippen molar-refractivity contribution in [3.63, 3.8) is 0 Å². The van der Waals surface area contributed by atoms with Gasteiger partial charge < -0.3 is 19.3 Å². The van der Waals surface area contributed by atoms with Crippen molar-refractivity contribution in [3.8, 4) is 11.1 Å². The maximum Gasteiger partial charge on any atom is 0.270 e. The molecule has 0 spiro atoms. The number of anilines is 1. The molecular weight excluding hydrogens is 522 g/mol. The van der Waals surface area contributed by atoms with Crippen molar-refractivity contribution >= 4 is 17.5 Å². The number of amides is 2. The fourth-order valence-electron chi connectivity index (χ4n) is 7.04. The van der Waals surface area contributed by atoms with E-state index in [0.717, 1.165) is 78.3 Å². The number of carbonyl (C=O) groups is 2. The Morgan fingerprint density at radius 1 is 0.857 bits per heavy atom. The second-order valence-electron chi connectivity index (χ2n) is 11.9. The van der Waals surface area contributed by atoms with Crippen LogP contribution in [-0.2, 0) is 13.1 Å². The Bertz CT molecular complexity index is 1620. The number of aryl methyl sites for hydroxylation is 1. The van der Waals surface area contributed by atoms with Crippen molar-refractivity contribution in [3.05, 3.63) is 107 Å². The molecule has 3 aliphatic rings. The van der Waals surface area contributed by atoms with Crippen LogP contribution in [0.25, 0.3) is 11.1 Å². The third kappa shape index (κ3) is 4.92. The van der Waals surface area contributed by atoms with Gasteiger partial charge in [0.25, 0.3) is 11.8 Å². The number of rotatable bonds is 5. The molecule has 214 valence electrons. The Morgan fingerprint density at radius 2 is 1.67 bits per heavy atom. The van der Waals surface area contributed by atoms with Gasteiger partial charge in [-0.2, -0.15) is 0 Å². The van der Waals surface area contributed by atoms with Crippen molar-refractivity contribution < 1.29 is 9.59 Å². The van der Waals surface area contributed by atoms with Crippen molar-refractivity contribution in [2.45, 2.75) is 51.7 Å². The first-order valence-electron chi connectivity index (χ1n) is 15.2. The minimum absolute atomic E-state index is 0.0421. The lowest BCUT2D eigenvalue weighted by molar-refractivity contribution is 0.0698. The van der Waals surface area contributed by atoms with Crippen molar-refractivity contribution in [1.29, 1.82) is 0 Å². The lowest BCUT2D eigenvalue weighted by Gasteiger charge is -2.29. The van der Waals surface area contributed by atoms with Crippen LogP contribution < -0.4 is 4.90 Å². The van der Waals surface area contributed by atoms with E-state index in [2.05, 4.69) is 25.4 Å². The highest BCUT2D eigenvalue weighted by Gasteiger charge is 2.34. The van der Waals surface area contributed by atoms with Crippen LogP contribution in [0, 0.1) is 6.92 Å². The topological polar surface area (TPSA) is 61.7 Å². The van der Waals surface area contributed by atoms with E-state index in [0.29, 0.717) is 18.7 Å². The lowest BCUT2D eigenvalue weighted by atomic mass is 9.98. The molecule has 0 saturated carbocycles. The summed E-state index contributed by atoms with van der Waals surface area (Å²) in [6.45, 7) is 7.09. The van der Waals surface area contributed by atoms with Crippen LogP contribution in [0.2, 0.25) is 0 Å². The van der Waals surface area contributed by atoms with E-state index in [1.54, 1.807) is 12.4 Å². The molecule has 0 radical (unpaired) electrons. The molecule has 2 fully saturated rings. The number of aromatic nitrogens is 2. The molecule has 7 nitrogen and oxygen atoms in total. The van der Waals surface area contributed by atoms with Crippen molar-refractivity contribution in [2.24, 2.45) is 0 Å². The van der Waals surface area contributed by atoms with E-state index in [1.807, 2.05) is 72.5 Å². The van der Waals surface area contributed by atoms with Gasteiger partial charge in [0.05, 0.1) is 13.1 Å². The summed E-state index contributed by atoms with van der Waals surface area (Å²) in [4.78, 5) is 38.7. The highest BCUT2D eigenvalue weighted by Crippen LogP contribution is 2.32. The first kappa shape index (κ1) is 26.7. The Labute approximate surface area is 247 Å². The summed E-state index contributed by atoms with van der Waals surface area (Å²) >= 11 is 0. The smallest absolute Gasteiger partial charge is 0.270 e. The molecule has 1 atom stereocenters. The zero-order valence-corrected chi connectivity index (χ0v) is 24.2. The Balaban J connectivity index is 1.18. The number of nitrogens with zero attached hydrogens (tertiary/aromatic N) is 5. The van der Waals surface area contributed by atoms with Gasteiger partial charge in [-0.3, -0.25) is 14.6 Å². The molecule has 3 aliphatic heterocycles. The molecule has 0 bridgehead atoms. The second kappa shape index (κ2) is 11.2. The van der Waals surface area contributed by atoms with Crippen LogP contribution in [0.5, 0.6) is 0 Å². The summed E-state index contributed by atoms with van der Waals surface area (Å²) in [6.07, 6.45) is 8.22. The van der Waals surface area contributed by atoms with Gasteiger partial charge in [0.2, 0.25) is 0 Å². The van der Waals surface area contributed by atoms with Crippen LogP contribution in [0.3, 0.4) is 0 Å². The first-order chi connectivity index (χ1) is 20.6. The van der Waals surface area contributed by atoms with Crippen molar-refractivity contribution in [2.75, 3.05) is 31.1 Å². The normalized spacial score (nSPS) is 18.5. The van der Waals surface area contributed by atoms with Crippen LogP contribution >= 0.6 is 0 Å². The highest BCUT2D eigenvalue weighted by atomic mass is 16.2. The molecule has 7 heteroatoms. The predicted molar refractivity (Wildman–Crippen MR) is 165 cm³/mol. The number of hydrogen-bond donors (Lipinski definition) is 0. The molecule has 0 N–H and O–H groups in total. The zero-order valence-electron chi connectivity index (χ0n) is 24.2. The molecule has 7 rings (SSSR count). The molecule has 4 aromatic rings. The molecule has 1 unspecified atom stereocenters. The molecule has 2 amide bonds. The molecule has 0 aliphatic carbocycles. The summed E-state index contributed by atoms with van der Waals surface area (Å²) in [5.74, 6) is 0.0714. The molecule has 2 aromatic heterocycles. The van der Waals surface area contributed by atoms with E-state index in [-0.39, 0.29) is 17.9 Å². The summed E-state index contributed by atoms with van der Waals surface area (Å²) in [5, 5.41) is 0. The SMILES string of the molecule is Cc1cc(C(=O)N2Cc3ccc(C(=O)N4CCCC4CN4CCCC4)n3Cc3ccccc32)ccc1-c1ccncc1. The Hall–Kier alpha value is -4.23. The van der Waals surface area contributed by atoms with E-state index in [1.165, 1.54) is 12.8 Å². The van der Waals surface area contributed by atoms with Crippen LogP contribution in [-0.4, -0.2) is 63.4 Å². The number of fused-ring (bicyclic) bond motifs is 2. The average Bonchev–Trinajstić information content (AvgIpc) is 3.77. The largest absolute Gasteiger partial charge is 0.334 e. The van der Waals surface area contributed by atoms with Gasteiger partial charge in [0.15, 0.2) is 0 Å². The van der Waals surface area contributed by atoms with Crippen LogP contribution in [0.15, 0.2) is 79.1 Å².